The lowest BCUT2D eigenvalue weighted by molar-refractivity contribution is -0.275. The number of ether oxygens (including phenoxy) is 3. The second kappa shape index (κ2) is 9.14. The molecule has 11 heteroatoms. The summed E-state index contributed by atoms with van der Waals surface area (Å²) >= 11 is 0. The predicted molar refractivity (Wildman–Crippen MR) is 116 cm³/mol. The number of nitrogens with one attached hydrogen (secondary N) is 1. The van der Waals surface area contributed by atoms with Gasteiger partial charge in [0.15, 0.2) is 5.75 Å². The van der Waals surface area contributed by atoms with Gasteiger partial charge < -0.3 is 24.4 Å². The van der Waals surface area contributed by atoms with Gasteiger partial charge in [-0.05, 0) is 66.0 Å². The lowest BCUT2D eigenvalue weighted by Crippen LogP contribution is -2.56. The summed E-state index contributed by atoms with van der Waals surface area (Å²) in [4.78, 5) is 31.0. The number of nitrogens with zero attached hydrogens (tertiary/aromatic N) is 2. The van der Waals surface area contributed by atoms with Crippen molar-refractivity contribution in [3.63, 3.8) is 0 Å². The molecule has 190 valence electrons. The molecule has 3 rings (SSSR count). The minimum Gasteiger partial charge on any atom is -0.474 e. The second-order valence-electron chi connectivity index (χ2n) is 10.6. The summed E-state index contributed by atoms with van der Waals surface area (Å²) in [7, 11) is 0. The normalized spacial score (nSPS) is 20.0. The number of pyridine rings is 1. The third-order valence-corrected chi connectivity index (χ3v) is 5.93. The van der Waals surface area contributed by atoms with Crippen LogP contribution >= 0.6 is 0 Å². The Bertz CT molecular complexity index is 910. The van der Waals surface area contributed by atoms with Gasteiger partial charge in [-0.1, -0.05) is 0 Å². The van der Waals surface area contributed by atoms with Crippen molar-refractivity contribution in [2.45, 2.75) is 71.9 Å². The van der Waals surface area contributed by atoms with Gasteiger partial charge in [-0.25, -0.2) is 9.78 Å². The van der Waals surface area contributed by atoms with Gasteiger partial charge in [0.2, 0.25) is 5.91 Å². The van der Waals surface area contributed by atoms with Crippen LogP contribution in [0.3, 0.4) is 0 Å². The molecule has 34 heavy (non-hydrogen) atoms. The number of rotatable bonds is 6. The molecular weight excluding hydrogens is 455 g/mol. The van der Waals surface area contributed by atoms with Gasteiger partial charge in [0.25, 0.3) is 5.88 Å². The van der Waals surface area contributed by atoms with Gasteiger partial charge in [-0.2, -0.15) is 0 Å². The third kappa shape index (κ3) is 6.66. The van der Waals surface area contributed by atoms with Crippen LogP contribution in [0.2, 0.25) is 0 Å². The number of carbonyl (C=O) groups excluding carboxylic acids is 2. The van der Waals surface area contributed by atoms with Crippen molar-refractivity contribution < 1.29 is 37.0 Å². The molecule has 1 spiro atoms. The average molecular weight is 488 g/mol. The van der Waals surface area contributed by atoms with E-state index in [-0.39, 0.29) is 35.9 Å². The van der Waals surface area contributed by atoms with E-state index in [1.54, 1.807) is 18.7 Å². The average Bonchev–Trinajstić information content (AvgIpc) is 3.46. The highest BCUT2D eigenvalue weighted by Gasteiger charge is 2.54. The molecule has 0 bridgehead atoms. The fraction of sp³-hybridized carbons (Fsp3) is 0.696. The fourth-order valence-electron chi connectivity index (χ4n) is 3.89. The number of piperidine rings is 1. The van der Waals surface area contributed by atoms with Gasteiger partial charge >= 0.3 is 12.5 Å². The first-order chi connectivity index (χ1) is 15.6. The Morgan fingerprint density at radius 2 is 1.88 bits per heavy atom. The molecule has 2 heterocycles. The zero-order chi connectivity index (χ0) is 25.4. The summed E-state index contributed by atoms with van der Waals surface area (Å²) in [5, 5.41) is 3.08. The van der Waals surface area contributed by atoms with Crippen LogP contribution in [0.15, 0.2) is 18.3 Å². The molecule has 2 fully saturated rings. The van der Waals surface area contributed by atoms with Crippen LogP contribution in [0.25, 0.3) is 0 Å². The molecule has 1 aliphatic carbocycles. The van der Waals surface area contributed by atoms with Crippen LogP contribution < -0.4 is 14.8 Å². The fourth-order valence-corrected chi connectivity index (χ4v) is 3.89. The Hall–Kier alpha value is -2.72. The quantitative estimate of drug-likeness (QED) is 0.644. The Morgan fingerprint density at radius 1 is 1.21 bits per heavy atom. The van der Waals surface area contributed by atoms with Crippen LogP contribution in [0, 0.1) is 10.8 Å². The summed E-state index contributed by atoms with van der Waals surface area (Å²) in [6, 6.07) is 2.28. The lowest BCUT2D eigenvalue weighted by atomic mass is 9.86. The largest absolute Gasteiger partial charge is 0.573 e. The zero-order valence-corrected chi connectivity index (χ0v) is 20.1. The first kappa shape index (κ1) is 25.9. The number of carbonyl (C=O) groups is 2. The smallest absolute Gasteiger partial charge is 0.474 e. The van der Waals surface area contributed by atoms with Crippen molar-refractivity contribution in [3.05, 3.63) is 18.3 Å². The maximum absolute atomic E-state index is 13.1. The molecule has 0 aromatic carbocycles. The Morgan fingerprint density at radius 3 is 2.47 bits per heavy atom. The zero-order valence-electron chi connectivity index (χ0n) is 20.1. The number of alkyl halides is 3. The van der Waals surface area contributed by atoms with E-state index in [4.69, 9.17) is 9.47 Å². The standard InChI is InChI=1S/C23H32F3N3O5/c1-20(2,3)34-19(31)29-12-8-16(22(13-29)9-10-22)28-18(30)21(4,5)14-32-17-15(7-6-11-27-17)33-23(24,25)26/h6-7,11,16H,8-10,12-14H2,1-5H3,(H,28,30). The first-order valence-corrected chi connectivity index (χ1v) is 11.2. The van der Waals surface area contributed by atoms with Gasteiger partial charge in [0, 0.05) is 30.7 Å². The van der Waals surface area contributed by atoms with Gasteiger partial charge in [-0.3, -0.25) is 4.79 Å². The molecule has 1 saturated heterocycles. The van der Waals surface area contributed by atoms with Crippen molar-refractivity contribution in [1.82, 2.24) is 15.2 Å². The number of amides is 2. The van der Waals surface area contributed by atoms with E-state index in [1.165, 1.54) is 12.3 Å². The highest BCUT2D eigenvalue weighted by atomic mass is 19.4. The number of halogens is 3. The second-order valence-corrected chi connectivity index (χ2v) is 10.6. The minimum atomic E-state index is -4.89. The SMILES string of the molecule is CC(C)(C)OC(=O)N1CCC(NC(=O)C(C)(C)COc2ncccc2OC(F)(F)F)C2(CC2)C1. The number of aromatic nitrogens is 1. The molecule has 8 nitrogen and oxygen atoms in total. The van der Waals surface area contributed by atoms with Gasteiger partial charge in [0.1, 0.15) is 12.2 Å². The van der Waals surface area contributed by atoms with Crippen LogP contribution in [-0.4, -0.2) is 59.6 Å². The first-order valence-electron chi connectivity index (χ1n) is 11.2. The van der Waals surface area contributed by atoms with Crippen LogP contribution in [-0.2, 0) is 9.53 Å². The molecule has 1 N–H and O–H groups in total. The molecule has 1 atom stereocenters. The maximum Gasteiger partial charge on any atom is 0.573 e. The Balaban J connectivity index is 1.58. The molecule has 1 unspecified atom stereocenters. The molecule has 0 radical (unpaired) electrons. The van der Waals surface area contributed by atoms with Crippen molar-refractivity contribution in [2.24, 2.45) is 10.8 Å². The lowest BCUT2D eigenvalue weighted by Gasteiger charge is -2.40. The molecule has 2 amide bonds. The number of hydrogen-bond acceptors (Lipinski definition) is 6. The third-order valence-electron chi connectivity index (χ3n) is 5.93. The van der Waals surface area contributed by atoms with Crippen molar-refractivity contribution in [2.75, 3.05) is 19.7 Å². The molecular formula is C23H32F3N3O5. The summed E-state index contributed by atoms with van der Waals surface area (Å²) in [5.74, 6) is -1.20. The van der Waals surface area contributed by atoms with Crippen molar-refractivity contribution >= 4 is 12.0 Å². The van der Waals surface area contributed by atoms with E-state index in [0.29, 0.717) is 19.5 Å². The monoisotopic (exact) mass is 487 g/mol. The highest BCUT2D eigenvalue weighted by Crippen LogP contribution is 2.52. The Labute approximate surface area is 197 Å². The van der Waals surface area contributed by atoms with E-state index in [0.717, 1.165) is 18.9 Å². The van der Waals surface area contributed by atoms with Gasteiger partial charge in [0.05, 0.1) is 5.41 Å². The summed E-state index contributed by atoms with van der Waals surface area (Å²) < 4.78 is 52.7. The van der Waals surface area contributed by atoms with Crippen molar-refractivity contribution in [3.8, 4) is 11.6 Å². The van der Waals surface area contributed by atoms with E-state index in [9.17, 15) is 22.8 Å². The highest BCUT2D eigenvalue weighted by molar-refractivity contribution is 5.82. The molecule has 1 aromatic heterocycles. The molecule has 1 saturated carbocycles. The number of hydrogen-bond donors (Lipinski definition) is 1. The van der Waals surface area contributed by atoms with Gasteiger partial charge in [-0.15, -0.1) is 13.2 Å². The van der Waals surface area contributed by atoms with Crippen LogP contribution in [0.5, 0.6) is 11.6 Å². The van der Waals surface area contributed by atoms with E-state index >= 15 is 0 Å². The predicted octanol–water partition coefficient (Wildman–Crippen LogP) is 4.29. The molecule has 1 aromatic rings. The van der Waals surface area contributed by atoms with E-state index in [1.807, 2.05) is 20.8 Å². The minimum absolute atomic E-state index is 0.114. The number of likely N-dealkylation sites (tertiary alicyclic amines) is 1. The summed E-state index contributed by atoms with van der Waals surface area (Å²) in [6.45, 7) is 9.51. The van der Waals surface area contributed by atoms with Crippen LogP contribution in [0.1, 0.15) is 53.9 Å². The molecule has 1 aliphatic heterocycles. The van der Waals surface area contributed by atoms with Crippen LogP contribution in [0.4, 0.5) is 18.0 Å². The summed E-state index contributed by atoms with van der Waals surface area (Å²) in [6.07, 6.45) is -1.60. The van der Waals surface area contributed by atoms with E-state index in [2.05, 4.69) is 15.0 Å². The van der Waals surface area contributed by atoms with Crippen molar-refractivity contribution in [1.29, 1.82) is 0 Å². The van der Waals surface area contributed by atoms with E-state index < -0.39 is 23.1 Å². The Kier molecular flexibility index (Phi) is 6.96. The topological polar surface area (TPSA) is 90.0 Å². The maximum atomic E-state index is 13.1. The molecule has 2 aliphatic rings. The summed E-state index contributed by atoms with van der Waals surface area (Å²) in [5.41, 5.74) is -1.82.